The zero-order valence-electron chi connectivity index (χ0n) is 26.0. The summed E-state index contributed by atoms with van der Waals surface area (Å²) in [6.45, 7) is 9.10. The molecule has 2 heterocycles. The van der Waals surface area contributed by atoms with E-state index in [0.717, 1.165) is 11.3 Å². The maximum absolute atomic E-state index is 12.7. The first-order chi connectivity index (χ1) is 21.3. The minimum Gasteiger partial charge on any atom is -0.309 e. The molecule has 0 spiro atoms. The molecule has 46 heavy (non-hydrogen) atoms. The molecular formula is C32H34Cl2N4O6S2. The summed E-state index contributed by atoms with van der Waals surface area (Å²) in [4.78, 5) is 33.2. The van der Waals surface area contributed by atoms with Crippen LogP contribution in [-0.2, 0) is 29.3 Å². The second kappa shape index (κ2) is 14.3. The lowest BCUT2D eigenvalue weighted by Crippen LogP contribution is -2.44. The SMILES string of the molecule is Cc1ccc(NC(=O)C(C)(C)S(=O)(=O)c2ccc(Cl)cc2)nc1.Cc1cccc(NC(=O)C(C)(C)S(=O)(=O)c2ccc(Cl)cc2)n1. The Kier molecular flexibility index (Phi) is 11.4. The van der Waals surface area contributed by atoms with Gasteiger partial charge in [0, 0.05) is 21.9 Å². The van der Waals surface area contributed by atoms with Gasteiger partial charge in [-0.15, -0.1) is 0 Å². The lowest BCUT2D eigenvalue weighted by atomic mass is 10.2. The Bertz CT molecular complexity index is 1930. The summed E-state index contributed by atoms with van der Waals surface area (Å²) < 4.78 is 47.6. The van der Waals surface area contributed by atoms with Crippen LogP contribution in [0.25, 0.3) is 0 Å². The molecule has 0 saturated carbocycles. The molecule has 244 valence electrons. The normalized spacial score (nSPS) is 12.0. The van der Waals surface area contributed by atoms with Crippen molar-refractivity contribution in [1.29, 1.82) is 0 Å². The van der Waals surface area contributed by atoms with Crippen molar-refractivity contribution >= 4 is 66.3 Å². The van der Waals surface area contributed by atoms with E-state index in [1.54, 1.807) is 43.5 Å². The number of aryl methyl sites for hydroxylation is 2. The van der Waals surface area contributed by atoms with Crippen molar-refractivity contribution in [3.05, 3.63) is 106 Å². The lowest BCUT2D eigenvalue weighted by molar-refractivity contribution is -0.118. The summed E-state index contributed by atoms with van der Waals surface area (Å²) in [5.74, 6) is -0.677. The van der Waals surface area contributed by atoms with Crippen LogP contribution in [0.2, 0.25) is 10.0 Å². The number of pyridine rings is 2. The minimum atomic E-state index is -3.88. The van der Waals surface area contributed by atoms with Gasteiger partial charge in [0.1, 0.15) is 21.1 Å². The number of sulfone groups is 2. The first-order valence-corrected chi connectivity index (χ1v) is 17.5. The van der Waals surface area contributed by atoms with E-state index in [2.05, 4.69) is 20.6 Å². The molecule has 14 heteroatoms. The van der Waals surface area contributed by atoms with Gasteiger partial charge in [0.15, 0.2) is 19.7 Å². The van der Waals surface area contributed by atoms with Crippen LogP contribution in [0.15, 0.2) is 94.9 Å². The van der Waals surface area contributed by atoms with Crippen molar-refractivity contribution in [1.82, 2.24) is 9.97 Å². The zero-order valence-corrected chi connectivity index (χ0v) is 29.1. The molecule has 2 amide bonds. The van der Waals surface area contributed by atoms with Crippen LogP contribution in [0.5, 0.6) is 0 Å². The summed E-state index contributed by atoms with van der Waals surface area (Å²) in [6, 6.07) is 20.0. The van der Waals surface area contributed by atoms with Crippen molar-refractivity contribution in [3.8, 4) is 0 Å². The third-order valence-electron chi connectivity index (χ3n) is 6.97. The Morgan fingerprint density at radius 1 is 0.630 bits per heavy atom. The fourth-order valence-electron chi connectivity index (χ4n) is 3.75. The number of hydrogen-bond donors (Lipinski definition) is 2. The summed E-state index contributed by atoms with van der Waals surface area (Å²) in [7, 11) is -7.76. The van der Waals surface area contributed by atoms with Crippen LogP contribution in [0.3, 0.4) is 0 Å². The third-order valence-corrected chi connectivity index (χ3v) is 12.3. The van der Waals surface area contributed by atoms with E-state index < -0.39 is 41.0 Å². The van der Waals surface area contributed by atoms with Crippen molar-refractivity contribution < 1.29 is 26.4 Å². The molecule has 0 radical (unpaired) electrons. The summed E-state index contributed by atoms with van der Waals surface area (Å²) in [5.41, 5.74) is 1.66. The molecule has 0 aliphatic heterocycles. The maximum atomic E-state index is 12.7. The second-order valence-electron chi connectivity index (χ2n) is 11.2. The Balaban J connectivity index is 0.000000250. The molecule has 0 unspecified atom stereocenters. The van der Waals surface area contributed by atoms with Gasteiger partial charge in [-0.2, -0.15) is 0 Å². The first kappa shape index (κ1) is 36.6. The Labute approximate surface area is 279 Å². The molecule has 0 bridgehead atoms. The number of hydrogen-bond acceptors (Lipinski definition) is 8. The highest BCUT2D eigenvalue weighted by molar-refractivity contribution is 7.94. The van der Waals surface area contributed by atoms with E-state index >= 15 is 0 Å². The smallest absolute Gasteiger partial charge is 0.246 e. The number of carbonyl (C=O) groups excluding carboxylic acids is 2. The Morgan fingerprint density at radius 2 is 1.07 bits per heavy atom. The second-order valence-corrected chi connectivity index (χ2v) is 17.1. The molecule has 0 aliphatic rings. The Morgan fingerprint density at radius 3 is 1.46 bits per heavy atom. The highest BCUT2D eigenvalue weighted by atomic mass is 35.5. The molecule has 2 aromatic carbocycles. The van der Waals surface area contributed by atoms with Gasteiger partial charge in [-0.05, 0) is 114 Å². The first-order valence-electron chi connectivity index (χ1n) is 13.8. The molecule has 0 atom stereocenters. The van der Waals surface area contributed by atoms with E-state index in [-0.39, 0.29) is 9.79 Å². The molecule has 0 fully saturated rings. The van der Waals surface area contributed by atoms with Gasteiger partial charge >= 0.3 is 0 Å². The molecule has 4 aromatic rings. The van der Waals surface area contributed by atoms with Gasteiger partial charge in [0.05, 0.1) is 9.79 Å². The molecule has 2 N–H and O–H groups in total. The number of benzene rings is 2. The fourth-order valence-corrected chi connectivity index (χ4v) is 6.76. The van der Waals surface area contributed by atoms with Crippen LogP contribution in [0, 0.1) is 13.8 Å². The quantitative estimate of drug-likeness (QED) is 0.212. The van der Waals surface area contributed by atoms with Gasteiger partial charge in [-0.1, -0.05) is 35.3 Å². The monoisotopic (exact) mass is 704 g/mol. The van der Waals surface area contributed by atoms with Gasteiger partial charge < -0.3 is 10.6 Å². The number of amides is 2. The number of rotatable bonds is 8. The van der Waals surface area contributed by atoms with Crippen LogP contribution < -0.4 is 10.6 Å². The number of halogens is 2. The van der Waals surface area contributed by atoms with E-state index in [1.807, 2.05) is 6.92 Å². The Hall–Kier alpha value is -3.84. The number of anilines is 2. The van der Waals surface area contributed by atoms with Crippen molar-refractivity contribution in [2.24, 2.45) is 0 Å². The highest BCUT2D eigenvalue weighted by Crippen LogP contribution is 2.29. The molecule has 4 rings (SSSR count). The van der Waals surface area contributed by atoms with Crippen LogP contribution >= 0.6 is 23.2 Å². The van der Waals surface area contributed by atoms with Crippen molar-refractivity contribution in [2.75, 3.05) is 10.6 Å². The average molecular weight is 706 g/mol. The van der Waals surface area contributed by atoms with Gasteiger partial charge in [0.25, 0.3) is 0 Å². The number of carbonyl (C=O) groups is 2. The fraction of sp³-hybridized carbons (Fsp3) is 0.250. The van der Waals surface area contributed by atoms with Crippen molar-refractivity contribution in [3.63, 3.8) is 0 Å². The molecule has 2 aromatic heterocycles. The summed E-state index contributed by atoms with van der Waals surface area (Å²) in [6.07, 6.45) is 1.59. The van der Waals surface area contributed by atoms with Crippen LogP contribution in [-0.4, -0.2) is 48.1 Å². The standard InChI is InChI=1S/2C16H17ClN2O3S/c1-11-4-9-14(18-10-11)19-15(20)16(2,3)23(21,22)13-7-5-12(17)6-8-13;1-11-5-4-6-14(18-11)19-15(20)16(2,3)23(21,22)13-9-7-12(17)8-10-13/h2*4-10H,1-3H3,(H,18,19,20). The molecule has 0 saturated heterocycles. The van der Waals surface area contributed by atoms with E-state index in [9.17, 15) is 26.4 Å². The van der Waals surface area contributed by atoms with Gasteiger partial charge in [-0.3, -0.25) is 9.59 Å². The van der Waals surface area contributed by atoms with E-state index in [1.165, 1.54) is 76.2 Å². The molecule has 0 aliphatic carbocycles. The van der Waals surface area contributed by atoms with Crippen molar-refractivity contribution in [2.45, 2.75) is 60.8 Å². The molecular weight excluding hydrogens is 671 g/mol. The topological polar surface area (TPSA) is 152 Å². The number of nitrogens with zero attached hydrogens (tertiary/aromatic N) is 2. The predicted octanol–water partition coefficient (Wildman–Crippen LogP) is 6.47. The summed E-state index contributed by atoms with van der Waals surface area (Å²) >= 11 is 11.6. The summed E-state index contributed by atoms with van der Waals surface area (Å²) in [5, 5.41) is 5.95. The maximum Gasteiger partial charge on any atom is 0.246 e. The van der Waals surface area contributed by atoms with E-state index in [4.69, 9.17) is 23.2 Å². The predicted molar refractivity (Wildman–Crippen MR) is 181 cm³/mol. The number of aromatic nitrogens is 2. The lowest BCUT2D eigenvalue weighted by Gasteiger charge is -2.23. The highest BCUT2D eigenvalue weighted by Gasteiger charge is 2.44. The third kappa shape index (κ3) is 8.30. The number of nitrogens with one attached hydrogen (secondary N) is 2. The zero-order chi connectivity index (χ0) is 34.5. The average Bonchev–Trinajstić information content (AvgIpc) is 2.99. The van der Waals surface area contributed by atoms with Gasteiger partial charge in [-0.25, -0.2) is 26.8 Å². The minimum absolute atomic E-state index is 0.0407. The van der Waals surface area contributed by atoms with Crippen LogP contribution in [0.1, 0.15) is 39.0 Å². The van der Waals surface area contributed by atoms with Gasteiger partial charge in [0.2, 0.25) is 11.8 Å². The molecule has 10 nitrogen and oxygen atoms in total. The van der Waals surface area contributed by atoms with Crippen LogP contribution in [0.4, 0.5) is 11.6 Å². The largest absolute Gasteiger partial charge is 0.309 e. The van der Waals surface area contributed by atoms with E-state index in [0.29, 0.717) is 21.7 Å².